The van der Waals surface area contributed by atoms with Gasteiger partial charge in [0.2, 0.25) is 0 Å². The van der Waals surface area contributed by atoms with E-state index in [0.29, 0.717) is 10.7 Å². The Labute approximate surface area is 156 Å². The molecule has 2 aromatic carbocycles. The molecule has 2 aromatic heterocycles. The number of benzene rings is 2. The van der Waals surface area contributed by atoms with Gasteiger partial charge in [-0.05, 0) is 48.7 Å². The highest BCUT2D eigenvalue weighted by Crippen LogP contribution is 2.21. The molecule has 4 nitrogen and oxygen atoms in total. The van der Waals surface area contributed by atoms with Crippen molar-refractivity contribution in [2.75, 3.05) is 0 Å². The number of hydrogen-bond acceptors (Lipinski definition) is 1. The second-order valence-electron chi connectivity index (χ2n) is 6.56. The molecule has 2 heterocycles. The summed E-state index contributed by atoms with van der Waals surface area (Å²) in [4.78, 5) is 19.1. The third kappa shape index (κ3) is 3.20. The lowest BCUT2D eigenvalue weighted by Crippen LogP contribution is -2.36. The average Bonchev–Trinajstić information content (AvgIpc) is 3.25. The molecular weight excluding hydrogens is 346 g/mol. The van der Waals surface area contributed by atoms with Crippen molar-refractivity contribution in [2.24, 2.45) is 0 Å². The SMILES string of the molecule is CC[C@H](Cc1c[nH]c2ccccc12)NC(=O)c1cc2cc(Cl)ccc2[nH]1. The molecule has 132 valence electrons. The molecule has 0 unspecified atom stereocenters. The summed E-state index contributed by atoms with van der Waals surface area (Å²) in [6, 6.07) is 15.7. The van der Waals surface area contributed by atoms with Crippen LogP contribution in [0.1, 0.15) is 29.4 Å². The molecular formula is C21H20ClN3O. The Morgan fingerprint density at radius 2 is 2.00 bits per heavy atom. The van der Waals surface area contributed by atoms with Crippen molar-refractivity contribution < 1.29 is 4.79 Å². The van der Waals surface area contributed by atoms with Crippen LogP contribution in [0, 0.1) is 0 Å². The number of carbonyl (C=O) groups excluding carboxylic acids is 1. The summed E-state index contributed by atoms with van der Waals surface area (Å²) >= 11 is 6.02. The maximum atomic E-state index is 12.7. The van der Waals surface area contributed by atoms with E-state index in [1.807, 2.05) is 42.6 Å². The fraction of sp³-hybridized carbons (Fsp3) is 0.190. The average molecular weight is 366 g/mol. The van der Waals surface area contributed by atoms with Gasteiger partial charge in [-0.25, -0.2) is 0 Å². The van der Waals surface area contributed by atoms with Crippen LogP contribution in [0.2, 0.25) is 5.02 Å². The van der Waals surface area contributed by atoms with Gasteiger partial charge in [-0.2, -0.15) is 0 Å². The number of H-pyrrole nitrogens is 2. The number of carbonyl (C=O) groups is 1. The van der Waals surface area contributed by atoms with Gasteiger partial charge >= 0.3 is 0 Å². The lowest BCUT2D eigenvalue weighted by atomic mass is 10.0. The zero-order valence-corrected chi connectivity index (χ0v) is 15.2. The minimum atomic E-state index is -0.0935. The first-order valence-electron chi connectivity index (χ1n) is 8.78. The Bertz CT molecular complexity index is 1080. The van der Waals surface area contributed by atoms with Gasteiger partial charge < -0.3 is 15.3 Å². The third-order valence-corrected chi connectivity index (χ3v) is 5.03. The Morgan fingerprint density at radius 3 is 2.85 bits per heavy atom. The van der Waals surface area contributed by atoms with Gasteiger partial charge in [-0.15, -0.1) is 0 Å². The van der Waals surface area contributed by atoms with Gasteiger partial charge in [0, 0.05) is 39.1 Å². The summed E-state index contributed by atoms with van der Waals surface area (Å²) < 4.78 is 0. The van der Waals surface area contributed by atoms with Crippen LogP contribution in [0.15, 0.2) is 54.7 Å². The van der Waals surface area contributed by atoms with E-state index in [1.165, 1.54) is 10.9 Å². The lowest BCUT2D eigenvalue weighted by molar-refractivity contribution is 0.0931. The molecule has 1 atom stereocenters. The number of amides is 1. The van der Waals surface area contributed by atoms with E-state index in [1.54, 1.807) is 0 Å². The quantitative estimate of drug-likeness (QED) is 0.455. The van der Waals surface area contributed by atoms with Crippen LogP contribution in [-0.4, -0.2) is 21.9 Å². The van der Waals surface area contributed by atoms with Crippen LogP contribution in [0.4, 0.5) is 0 Å². The van der Waals surface area contributed by atoms with Gasteiger partial charge in [0.1, 0.15) is 5.69 Å². The second kappa shape index (κ2) is 6.89. The normalized spacial score (nSPS) is 12.5. The first-order valence-corrected chi connectivity index (χ1v) is 9.16. The summed E-state index contributed by atoms with van der Waals surface area (Å²) in [7, 11) is 0. The zero-order chi connectivity index (χ0) is 18.1. The first kappa shape index (κ1) is 16.7. The van der Waals surface area contributed by atoms with E-state index in [0.717, 1.165) is 29.3 Å². The summed E-state index contributed by atoms with van der Waals surface area (Å²) in [6.45, 7) is 2.09. The molecule has 0 saturated carbocycles. The Hall–Kier alpha value is -2.72. The van der Waals surface area contributed by atoms with Gasteiger partial charge in [-0.1, -0.05) is 36.7 Å². The van der Waals surface area contributed by atoms with Crippen molar-refractivity contribution in [3.8, 4) is 0 Å². The fourth-order valence-corrected chi connectivity index (χ4v) is 3.53. The highest BCUT2D eigenvalue weighted by molar-refractivity contribution is 6.31. The minimum Gasteiger partial charge on any atom is -0.361 e. The topological polar surface area (TPSA) is 60.7 Å². The highest BCUT2D eigenvalue weighted by atomic mass is 35.5. The summed E-state index contributed by atoms with van der Waals surface area (Å²) in [5.74, 6) is -0.0935. The predicted octanol–water partition coefficient (Wildman–Crippen LogP) is 5.05. The number of aromatic amines is 2. The van der Waals surface area contributed by atoms with Crippen LogP contribution >= 0.6 is 11.6 Å². The van der Waals surface area contributed by atoms with Crippen LogP contribution in [0.3, 0.4) is 0 Å². The molecule has 1 amide bonds. The van der Waals surface area contributed by atoms with Crippen LogP contribution < -0.4 is 5.32 Å². The van der Waals surface area contributed by atoms with Crippen molar-refractivity contribution in [1.29, 1.82) is 0 Å². The lowest BCUT2D eigenvalue weighted by Gasteiger charge is -2.16. The molecule has 0 bridgehead atoms. The van der Waals surface area contributed by atoms with E-state index in [4.69, 9.17) is 11.6 Å². The molecule has 0 aliphatic carbocycles. The monoisotopic (exact) mass is 365 g/mol. The van der Waals surface area contributed by atoms with Crippen LogP contribution in [-0.2, 0) is 6.42 Å². The smallest absolute Gasteiger partial charge is 0.267 e. The number of hydrogen-bond donors (Lipinski definition) is 3. The van der Waals surface area contributed by atoms with Gasteiger partial charge in [0.15, 0.2) is 0 Å². The summed E-state index contributed by atoms with van der Waals surface area (Å²) in [5, 5.41) is 5.95. The predicted molar refractivity (Wildman–Crippen MR) is 107 cm³/mol. The van der Waals surface area contributed by atoms with Gasteiger partial charge in [0.05, 0.1) is 0 Å². The van der Waals surface area contributed by atoms with E-state index in [-0.39, 0.29) is 11.9 Å². The molecule has 0 aliphatic heterocycles. The van der Waals surface area contributed by atoms with Gasteiger partial charge in [0.25, 0.3) is 5.91 Å². The number of aromatic nitrogens is 2. The molecule has 4 aromatic rings. The Kier molecular flexibility index (Phi) is 4.43. The van der Waals surface area contributed by atoms with Crippen LogP contribution in [0.5, 0.6) is 0 Å². The third-order valence-electron chi connectivity index (χ3n) is 4.80. The second-order valence-corrected chi connectivity index (χ2v) is 6.99. The van der Waals surface area contributed by atoms with Crippen molar-refractivity contribution in [3.05, 3.63) is 71.0 Å². The number of nitrogens with one attached hydrogen (secondary N) is 3. The van der Waals surface area contributed by atoms with E-state index >= 15 is 0 Å². The number of rotatable bonds is 5. The summed E-state index contributed by atoms with van der Waals surface area (Å²) in [5.41, 5.74) is 3.80. The maximum absolute atomic E-state index is 12.7. The number of fused-ring (bicyclic) bond motifs is 2. The van der Waals surface area contributed by atoms with E-state index in [9.17, 15) is 4.79 Å². The van der Waals surface area contributed by atoms with Gasteiger partial charge in [-0.3, -0.25) is 4.79 Å². The molecule has 0 aliphatic rings. The summed E-state index contributed by atoms with van der Waals surface area (Å²) in [6.07, 6.45) is 3.68. The standard InChI is InChI=1S/C21H20ClN3O/c1-2-16(10-14-12-23-19-6-4-3-5-17(14)19)24-21(26)20-11-13-9-15(22)7-8-18(13)25-20/h3-9,11-12,16,23,25H,2,10H2,1H3,(H,24,26)/t16-/m1/s1. The number of halogens is 1. The molecule has 4 rings (SSSR count). The molecule has 3 N–H and O–H groups in total. The minimum absolute atomic E-state index is 0.0664. The van der Waals surface area contributed by atoms with E-state index in [2.05, 4.69) is 34.3 Å². The number of para-hydroxylation sites is 1. The molecule has 0 fully saturated rings. The van der Waals surface area contributed by atoms with Crippen LogP contribution in [0.25, 0.3) is 21.8 Å². The van der Waals surface area contributed by atoms with Crippen molar-refractivity contribution in [2.45, 2.75) is 25.8 Å². The Morgan fingerprint density at radius 1 is 1.15 bits per heavy atom. The van der Waals surface area contributed by atoms with Crippen molar-refractivity contribution in [3.63, 3.8) is 0 Å². The largest absolute Gasteiger partial charge is 0.361 e. The molecule has 0 spiro atoms. The molecule has 26 heavy (non-hydrogen) atoms. The van der Waals surface area contributed by atoms with E-state index < -0.39 is 0 Å². The van der Waals surface area contributed by atoms with Crippen molar-refractivity contribution >= 4 is 39.3 Å². The fourth-order valence-electron chi connectivity index (χ4n) is 3.35. The molecule has 0 saturated heterocycles. The maximum Gasteiger partial charge on any atom is 0.267 e. The highest BCUT2D eigenvalue weighted by Gasteiger charge is 2.16. The Balaban J connectivity index is 1.52. The molecule has 5 heteroatoms. The van der Waals surface area contributed by atoms with Crippen molar-refractivity contribution in [1.82, 2.24) is 15.3 Å². The zero-order valence-electron chi connectivity index (χ0n) is 14.5. The first-order chi connectivity index (χ1) is 12.6. The molecule has 0 radical (unpaired) electrons.